The van der Waals surface area contributed by atoms with E-state index >= 15 is 0 Å². The van der Waals surface area contributed by atoms with Crippen molar-refractivity contribution in [2.45, 2.75) is 26.7 Å². The molecule has 35 heavy (non-hydrogen) atoms. The van der Waals surface area contributed by atoms with Gasteiger partial charge in [-0.05, 0) is 83.6 Å². The normalized spacial score (nSPS) is 10.9. The third-order valence-electron chi connectivity index (χ3n) is 6.25. The Balaban J connectivity index is 1.59. The van der Waals surface area contributed by atoms with E-state index in [4.69, 9.17) is 4.98 Å². The summed E-state index contributed by atoms with van der Waals surface area (Å²) in [6.07, 6.45) is 5.55. The second-order valence-corrected chi connectivity index (χ2v) is 8.92. The topological polar surface area (TPSA) is 37.8 Å². The predicted molar refractivity (Wildman–Crippen MR) is 147 cm³/mol. The first-order valence-electron chi connectivity index (χ1n) is 12.0. The Morgan fingerprint density at radius 1 is 0.771 bits per heavy atom. The van der Waals surface area contributed by atoms with Gasteiger partial charge in [0, 0.05) is 46.8 Å². The summed E-state index contributed by atoms with van der Waals surface area (Å²) in [6, 6.07) is 30.0. The van der Waals surface area contributed by atoms with Gasteiger partial charge in [0.15, 0.2) is 0 Å². The van der Waals surface area contributed by atoms with Gasteiger partial charge in [0.25, 0.3) is 0 Å². The minimum Gasteiger partial charge on any atom is -0.360 e. The summed E-state index contributed by atoms with van der Waals surface area (Å²) < 4.78 is 0. The van der Waals surface area contributed by atoms with Crippen LogP contribution >= 0.6 is 0 Å². The van der Waals surface area contributed by atoms with E-state index in [-0.39, 0.29) is 0 Å². The van der Waals surface area contributed by atoms with Crippen molar-refractivity contribution in [1.82, 2.24) is 9.97 Å². The standard InChI is InChI=1S/C32H29N3/c1-4-23-17-24(13-14-25(23)19-29-11-5-6-15-33-29)28-18-27-10-8-16-34-32(27)31(21-28)26-9-7-12-30(20-26)35-22(2)3/h5-18,20-21,35H,2,4,19H2,1,3H3. The molecule has 0 aliphatic heterocycles. The van der Waals surface area contributed by atoms with Crippen LogP contribution in [-0.4, -0.2) is 9.97 Å². The lowest BCUT2D eigenvalue weighted by Crippen LogP contribution is -1.97. The van der Waals surface area contributed by atoms with Crippen molar-refractivity contribution in [3.63, 3.8) is 0 Å². The van der Waals surface area contributed by atoms with Crippen molar-refractivity contribution in [1.29, 1.82) is 0 Å². The molecule has 2 aromatic heterocycles. The molecule has 172 valence electrons. The smallest absolute Gasteiger partial charge is 0.0780 e. The lowest BCUT2D eigenvalue weighted by atomic mass is 9.92. The summed E-state index contributed by atoms with van der Waals surface area (Å²) in [5, 5.41) is 4.46. The van der Waals surface area contributed by atoms with Crippen molar-refractivity contribution in [2.24, 2.45) is 0 Å². The van der Waals surface area contributed by atoms with Crippen molar-refractivity contribution < 1.29 is 0 Å². The van der Waals surface area contributed by atoms with Crippen molar-refractivity contribution >= 4 is 16.6 Å². The molecule has 3 aromatic carbocycles. The summed E-state index contributed by atoms with van der Waals surface area (Å²) in [5.74, 6) is 0. The number of fused-ring (bicyclic) bond motifs is 1. The number of hydrogen-bond acceptors (Lipinski definition) is 3. The molecule has 0 bridgehead atoms. The van der Waals surface area contributed by atoms with Crippen LogP contribution in [-0.2, 0) is 12.8 Å². The largest absolute Gasteiger partial charge is 0.360 e. The highest BCUT2D eigenvalue weighted by molar-refractivity contribution is 5.98. The Bertz CT molecular complexity index is 1500. The molecule has 5 rings (SSSR count). The van der Waals surface area contributed by atoms with E-state index in [2.05, 4.69) is 90.5 Å². The summed E-state index contributed by atoms with van der Waals surface area (Å²) in [5.41, 5.74) is 11.4. The van der Waals surface area contributed by atoms with Crippen LogP contribution in [0.1, 0.15) is 30.7 Å². The maximum atomic E-state index is 4.73. The van der Waals surface area contributed by atoms with Gasteiger partial charge in [0.2, 0.25) is 0 Å². The highest BCUT2D eigenvalue weighted by Crippen LogP contribution is 2.35. The average molecular weight is 456 g/mol. The fraction of sp³-hybridized carbons (Fsp3) is 0.125. The molecule has 0 aliphatic rings. The number of pyridine rings is 2. The van der Waals surface area contributed by atoms with E-state index in [0.717, 1.165) is 51.9 Å². The predicted octanol–water partition coefficient (Wildman–Crippen LogP) is 8.06. The molecule has 3 nitrogen and oxygen atoms in total. The summed E-state index contributed by atoms with van der Waals surface area (Å²) in [4.78, 5) is 9.25. The number of aryl methyl sites for hydroxylation is 1. The van der Waals surface area contributed by atoms with Gasteiger partial charge in [-0.15, -0.1) is 0 Å². The van der Waals surface area contributed by atoms with E-state index in [0.29, 0.717) is 0 Å². The molecular weight excluding hydrogens is 426 g/mol. The number of benzene rings is 3. The number of allylic oxidation sites excluding steroid dienone is 1. The quantitative estimate of drug-likeness (QED) is 0.270. The molecule has 2 heterocycles. The van der Waals surface area contributed by atoms with E-state index in [1.54, 1.807) is 0 Å². The van der Waals surface area contributed by atoms with Crippen LogP contribution in [0, 0.1) is 0 Å². The van der Waals surface area contributed by atoms with Gasteiger partial charge in [-0.2, -0.15) is 0 Å². The molecule has 1 N–H and O–H groups in total. The third-order valence-corrected chi connectivity index (χ3v) is 6.25. The van der Waals surface area contributed by atoms with Crippen LogP contribution in [0.2, 0.25) is 0 Å². The Morgan fingerprint density at radius 2 is 1.66 bits per heavy atom. The summed E-state index contributed by atoms with van der Waals surface area (Å²) in [7, 11) is 0. The van der Waals surface area contributed by atoms with Crippen molar-refractivity contribution in [3.8, 4) is 22.3 Å². The molecule has 0 saturated heterocycles. The maximum Gasteiger partial charge on any atom is 0.0780 e. The molecule has 0 fully saturated rings. The lowest BCUT2D eigenvalue weighted by Gasteiger charge is -2.14. The van der Waals surface area contributed by atoms with Gasteiger partial charge in [-0.1, -0.05) is 56.0 Å². The SMILES string of the molecule is C=C(C)Nc1cccc(-c2cc(-c3ccc(Cc4ccccn4)c(CC)c3)cc3cccnc23)c1. The second kappa shape index (κ2) is 9.94. The van der Waals surface area contributed by atoms with Crippen LogP contribution in [0.4, 0.5) is 5.69 Å². The molecular formula is C32H29N3. The first kappa shape index (κ1) is 22.5. The number of nitrogens with zero attached hydrogens (tertiary/aromatic N) is 2. The van der Waals surface area contributed by atoms with Gasteiger partial charge in [-0.25, -0.2) is 0 Å². The molecule has 0 unspecified atom stereocenters. The Hall–Kier alpha value is -4.24. The number of nitrogens with one attached hydrogen (secondary N) is 1. The second-order valence-electron chi connectivity index (χ2n) is 8.92. The molecule has 0 saturated carbocycles. The van der Waals surface area contributed by atoms with Crippen LogP contribution in [0.25, 0.3) is 33.2 Å². The van der Waals surface area contributed by atoms with Gasteiger partial charge in [0.05, 0.1) is 5.52 Å². The lowest BCUT2D eigenvalue weighted by molar-refractivity contribution is 1.02. The molecule has 0 amide bonds. The third kappa shape index (κ3) is 4.99. The molecule has 3 heteroatoms. The Morgan fingerprint density at radius 3 is 2.46 bits per heavy atom. The van der Waals surface area contributed by atoms with Crippen molar-refractivity contribution in [2.75, 3.05) is 5.32 Å². The number of hydrogen-bond donors (Lipinski definition) is 1. The monoisotopic (exact) mass is 455 g/mol. The molecule has 5 aromatic rings. The highest BCUT2D eigenvalue weighted by atomic mass is 14.9. The van der Waals surface area contributed by atoms with E-state index < -0.39 is 0 Å². The fourth-order valence-corrected chi connectivity index (χ4v) is 4.59. The fourth-order valence-electron chi connectivity index (χ4n) is 4.59. The Labute approximate surface area is 207 Å². The zero-order chi connectivity index (χ0) is 24.2. The maximum absolute atomic E-state index is 4.73. The minimum atomic E-state index is 0.847. The van der Waals surface area contributed by atoms with Gasteiger partial charge >= 0.3 is 0 Å². The average Bonchev–Trinajstić information content (AvgIpc) is 2.88. The van der Waals surface area contributed by atoms with Crippen molar-refractivity contribution in [3.05, 3.63) is 126 Å². The zero-order valence-electron chi connectivity index (χ0n) is 20.3. The molecule has 0 radical (unpaired) electrons. The van der Waals surface area contributed by atoms with Gasteiger partial charge in [0.1, 0.15) is 0 Å². The van der Waals surface area contributed by atoms with Crippen LogP contribution < -0.4 is 5.32 Å². The summed E-state index contributed by atoms with van der Waals surface area (Å²) in [6.45, 7) is 8.16. The van der Waals surface area contributed by atoms with E-state index in [1.165, 1.54) is 22.3 Å². The van der Waals surface area contributed by atoms with Gasteiger partial charge in [-0.3, -0.25) is 9.97 Å². The number of anilines is 1. The van der Waals surface area contributed by atoms with Crippen LogP contribution in [0.3, 0.4) is 0 Å². The first-order chi connectivity index (χ1) is 17.1. The Kier molecular flexibility index (Phi) is 6.40. The number of rotatable bonds is 7. The van der Waals surface area contributed by atoms with Crippen LogP contribution in [0.5, 0.6) is 0 Å². The molecule has 0 spiro atoms. The molecule has 0 aliphatic carbocycles. The number of aromatic nitrogens is 2. The first-order valence-corrected chi connectivity index (χ1v) is 12.0. The van der Waals surface area contributed by atoms with Crippen LogP contribution in [0.15, 0.2) is 110 Å². The van der Waals surface area contributed by atoms with Gasteiger partial charge < -0.3 is 5.32 Å². The zero-order valence-corrected chi connectivity index (χ0v) is 20.3. The highest BCUT2D eigenvalue weighted by Gasteiger charge is 2.12. The summed E-state index contributed by atoms with van der Waals surface area (Å²) >= 11 is 0. The molecule has 0 atom stereocenters. The van der Waals surface area contributed by atoms with E-state index in [1.807, 2.05) is 37.5 Å². The minimum absolute atomic E-state index is 0.847. The van der Waals surface area contributed by atoms with E-state index in [9.17, 15) is 0 Å².